The molecule has 2 aliphatic rings. The van der Waals surface area contributed by atoms with Crippen LogP contribution in [0.25, 0.3) is 0 Å². The van der Waals surface area contributed by atoms with Crippen molar-refractivity contribution >= 4 is 23.5 Å². The molecule has 6 rings (SSSR count). The van der Waals surface area contributed by atoms with E-state index in [1.165, 1.54) is 23.2 Å². The smallest absolute Gasteiger partial charge is 0.420 e. The maximum absolute atomic E-state index is 14.4. The number of nitrogens with zero attached hydrogens (tertiary/aromatic N) is 5. The van der Waals surface area contributed by atoms with Gasteiger partial charge < -0.3 is 19.1 Å². The maximum atomic E-state index is 14.4. The lowest BCUT2D eigenvalue weighted by atomic mass is 9.90. The topological polar surface area (TPSA) is 82.8 Å². The predicted octanol–water partition coefficient (Wildman–Crippen LogP) is 6.07. The number of anilines is 2. The molecule has 246 valence electrons. The van der Waals surface area contributed by atoms with Crippen LogP contribution in [0.3, 0.4) is 0 Å². The second kappa shape index (κ2) is 13.5. The van der Waals surface area contributed by atoms with Gasteiger partial charge in [-0.05, 0) is 47.7 Å². The Hall–Kier alpha value is -4.81. The molecular weight excluding hydrogens is 621 g/mol. The van der Waals surface area contributed by atoms with Crippen LogP contribution in [-0.2, 0) is 23.8 Å². The van der Waals surface area contributed by atoms with Crippen molar-refractivity contribution in [3.63, 3.8) is 0 Å². The zero-order chi connectivity index (χ0) is 33.1. The number of hydrogen-bond acceptors (Lipinski definition) is 7. The average molecular weight is 654 g/mol. The number of piperidine rings is 1. The number of carbonyl (C=O) groups excluding carboxylic acids is 2. The van der Waals surface area contributed by atoms with Gasteiger partial charge in [0, 0.05) is 57.8 Å². The minimum atomic E-state index is -4.92. The van der Waals surface area contributed by atoms with Crippen LogP contribution in [0.1, 0.15) is 51.7 Å². The molecule has 13 heteroatoms. The highest BCUT2D eigenvalue weighted by Gasteiger charge is 2.42. The van der Waals surface area contributed by atoms with E-state index >= 15 is 0 Å². The Balaban J connectivity index is 1.09. The highest BCUT2D eigenvalue weighted by Crippen LogP contribution is 2.37. The van der Waals surface area contributed by atoms with Crippen molar-refractivity contribution in [1.82, 2.24) is 14.9 Å². The molecule has 1 amide bonds. The Bertz CT molecular complexity index is 1730. The lowest BCUT2D eigenvalue weighted by Crippen LogP contribution is -2.49. The van der Waals surface area contributed by atoms with Crippen molar-refractivity contribution < 1.29 is 36.0 Å². The number of amides is 1. The molecule has 2 fully saturated rings. The molecule has 0 saturated carbocycles. The first-order chi connectivity index (χ1) is 22.6. The van der Waals surface area contributed by atoms with E-state index < -0.39 is 29.2 Å². The monoisotopic (exact) mass is 653 g/mol. The van der Waals surface area contributed by atoms with Crippen LogP contribution in [0.5, 0.6) is 0 Å². The van der Waals surface area contributed by atoms with E-state index in [4.69, 9.17) is 4.42 Å². The Morgan fingerprint density at radius 1 is 0.851 bits per heavy atom. The molecule has 47 heavy (non-hydrogen) atoms. The summed E-state index contributed by atoms with van der Waals surface area (Å²) in [6.07, 6.45) is -2.67. The number of ketones is 1. The van der Waals surface area contributed by atoms with Gasteiger partial charge in [0.1, 0.15) is 17.5 Å². The summed E-state index contributed by atoms with van der Waals surface area (Å²) >= 11 is 0. The van der Waals surface area contributed by atoms with E-state index in [9.17, 15) is 31.5 Å². The molecule has 1 unspecified atom stereocenters. The van der Waals surface area contributed by atoms with Crippen molar-refractivity contribution in [3.8, 4) is 0 Å². The lowest BCUT2D eigenvalue weighted by Gasteiger charge is -2.35. The zero-order valence-electron chi connectivity index (χ0n) is 25.3. The number of carbonyl (C=O) groups is 2. The minimum Gasteiger partial charge on any atom is -0.420 e. The predicted molar refractivity (Wildman–Crippen MR) is 163 cm³/mol. The van der Waals surface area contributed by atoms with Gasteiger partial charge in [0.05, 0.1) is 6.42 Å². The first kappa shape index (κ1) is 32.1. The van der Waals surface area contributed by atoms with Crippen LogP contribution >= 0.6 is 0 Å². The highest BCUT2D eigenvalue weighted by molar-refractivity contribution is 5.96. The molecular formula is C34H32F5N5O3. The Kier molecular flexibility index (Phi) is 9.24. The number of halogens is 5. The molecule has 0 spiro atoms. The van der Waals surface area contributed by atoms with Gasteiger partial charge >= 0.3 is 6.18 Å². The van der Waals surface area contributed by atoms with E-state index in [0.29, 0.717) is 68.1 Å². The van der Waals surface area contributed by atoms with Gasteiger partial charge in [0.2, 0.25) is 17.5 Å². The molecule has 2 aromatic carbocycles. The third kappa shape index (κ3) is 7.28. The second-order valence-corrected chi connectivity index (χ2v) is 11.7. The zero-order valence-corrected chi connectivity index (χ0v) is 25.3. The molecule has 1 atom stereocenters. The normalized spacial score (nSPS) is 17.2. The van der Waals surface area contributed by atoms with E-state index in [-0.39, 0.29) is 43.0 Å². The summed E-state index contributed by atoms with van der Waals surface area (Å²) in [6, 6.07) is 15.4. The van der Waals surface area contributed by atoms with Crippen LogP contribution in [0, 0.1) is 11.6 Å². The van der Waals surface area contributed by atoms with E-state index in [0.717, 1.165) is 0 Å². The molecule has 2 aliphatic heterocycles. The Labute approximate surface area is 267 Å². The van der Waals surface area contributed by atoms with Crippen molar-refractivity contribution in [2.24, 2.45) is 0 Å². The number of rotatable bonds is 8. The highest BCUT2D eigenvalue weighted by atomic mass is 19.4. The first-order valence-corrected chi connectivity index (χ1v) is 15.4. The number of aromatic nitrogens is 2. The summed E-state index contributed by atoms with van der Waals surface area (Å²) < 4.78 is 75.8. The summed E-state index contributed by atoms with van der Waals surface area (Å²) in [5, 5.41) is 0. The number of pyridine rings is 1. The van der Waals surface area contributed by atoms with Crippen LogP contribution < -0.4 is 9.80 Å². The molecule has 4 aromatic rings. The summed E-state index contributed by atoms with van der Waals surface area (Å²) in [6.45, 7) is 2.36. The quantitative estimate of drug-likeness (QED) is 0.169. The van der Waals surface area contributed by atoms with Gasteiger partial charge in [0.15, 0.2) is 5.69 Å². The van der Waals surface area contributed by atoms with Crippen LogP contribution in [-0.4, -0.2) is 65.8 Å². The van der Waals surface area contributed by atoms with E-state index in [1.807, 2.05) is 4.90 Å². The van der Waals surface area contributed by atoms with Gasteiger partial charge in [-0.2, -0.15) is 18.2 Å². The van der Waals surface area contributed by atoms with E-state index in [2.05, 4.69) is 9.97 Å². The minimum absolute atomic E-state index is 0.0252. The number of Topliss-reactive ketones (excluding diaryl/α,β-unsaturated/α-hetero) is 1. The number of alkyl halides is 3. The Morgan fingerprint density at radius 3 is 2.26 bits per heavy atom. The summed E-state index contributed by atoms with van der Waals surface area (Å²) in [7, 11) is 0. The molecule has 8 nitrogen and oxygen atoms in total. The molecule has 0 radical (unpaired) electrons. The standard InChI is InChI=1S/C34H32F5N5O3/c35-26-9-3-1-6-23(26)19-30(46)43-16-14-42(15-17-43)29-12-11-22(20-40-29)18-28(45)31-32(34(37,38)39)41-33(47-31)44-13-5-7-24(21-44)25-8-2-4-10-27(25)36/h1-4,6,8-12,20,24H,5,7,13-19,21H2. The van der Waals surface area contributed by atoms with Gasteiger partial charge in [-0.3, -0.25) is 9.59 Å². The van der Waals surface area contributed by atoms with Crippen molar-refractivity contribution in [3.05, 3.63) is 107 Å². The molecule has 0 aliphatic carbocycles. The van der Waals surface area contributed by atoms with E-state index in [1.54, 1.807) is 53.4 Å². The fourth-order valence-electron chi connectivity index (χ4n) is 6.11. The van der Waals surface area contributed by atoms with Gasteiger partial charge in [-0.1, -0.05) is 42.5 Å². The summed E-state index contributed by atoms with van der Waals surface area (Å²) in [5.74, 6) is -2.41. The third-order valence-electron chi connectivity index (χ3n) is 8.60. The van der Waals surface area contributed by atoms with Crippen molar-refractivity contribution in [2.75, 3.05) is 49.1 Å². The van der Waals surface area contributed by atoms with Crippen molar-refractivity contribution in [1.29, 1.82) is 0 Å². The Morgan fingerprint density at radius 2 is 1.57 bits per heavy atom. The number of piperazine rings is 1. The van der Waals surface area contributed by atoms with Gasteiger partial charge in [-0.15, -0.1) is 0 Å². The molecule has 2 aromatic heterocycles. The number of hydrogen-bond donors (Lipinski definition) is 0. The fraction of sp³-hybridized carbons (Fsp3) is 0.353. The van der Waals surface area contributed by atoms with Crippen LogP contribution in [0.15, 0.2) is 71.3 Å². The second-order valence-electron chi connectivity index (χ2n) is 11.7. The number of benzene rings is 2. The van der Waals surface area contributed by atoms with Crippen LogP contribution in [0.4, 0.5) is 33.8 Å². The van der Waals surface area contributed by atoms with Crippen LogP contribution in [0.2, 0.25) is 0 Å². The molecule has 2 saturated heterocycles. The van der Waals surface area contributed by atoms with Gasteiger partial charge in [0.25, 0.3) is 6.01 Å². The van der Waals surface area contributed by atoms with Crippen molar-refractivity contribution in [2.45, 2.75) is 37.8 Å². The van der Waals surface area contributed by atoms with Gasteiger partial charge in [-0.25, -0.2) is 13.8 Å². The first-order valence-electron chi connectivity index (χ1n) is 15.4. The third-order valence-corrected chi connectivity index (χ3v) is 8.60. The summed E-state index contributed by atoms with van der Waals surface area (Å²) in [4.78, 5) is 39.1. The fourth-order valence-corrected chi connectivity index (χ4v) is 6.11. The largest absolute Gasteiger partial charge is 0.437 e. The maximum Gasteiger partial charge on any atom is 0.437 e. The molecule has 4 heterocycles. The summed E-state index contributed by atoms with van der Waals surface area (Å²) in [5.41, 5.74) is -0.184. The number of oxazole rings is 1. The molecule has 0 N–H and O–H groups in total. The SMILES string of the molecule is O=C(Cc1ccc(N2CCN(C(=O)Cc3ccccc3F)CC2)nc1)c1oc(N2CCCC(c3ccccc3F)C2)nc1C(F)(F)F. The average Bonchev–Trinajstić information content (AvgIpc) is 3.54. The molecule has 0 bridgehead atoms. The lowest BCUT2D eigenvalue weighted by molar-refractivity contribution is -0.141.